The van der Waals surface area contributed by atoms with Gasteiger partial charge in [-0.1, -0.05) is 0 Å². The number of carbonyl (C=O) groups is 7. The lowest BCUT2D eigenvalue weighted by molar-refractivity contribution is -0.147. The summed E-state index contributed by atoms with van der Waals surface area (Å²) < 4.78 is 30.2. The van der Waals surface area contributed by atoms with Gasteiger partial charge in [-0.2, -0.15) is 0 Å². The van der Waals surface area contributed by atoms with E-state index in [0.29, 0.717) is 13.2 Å². The Morgan fingerprint density at radius 1 is 0.843 bits per heavy atom. The first-order chi connectivity index (χ1) is 23.6. The summed E-state index contributed by atoms with van der Waals surface area (Å²) in [7, 11) is 4.40. The minimum Gasteiger partial charge on any atom is -0.481 e. The molecule has 0 bridgehead atoms. The molecule has 51 heavy (non-hydrogen) atoms. The Morgan fingerprint density at radius 2 is 1.33 bits per heavy atom. The third-order valence-corrected chi connectivity index (χ3v) is 7.67. The molecule has 4 aliphatic rings. The Bertz CT molecular complexity index is 1270. The van der Waals surface area contributed by atoms with Gasteiger partial charge in [-0.25, -0.2) is 9.59 Å². The molecule has 6 atom stereocenters. The van der Waals surface area contributed by atoms with Crippen LogP contribution in [0.2, 0.25) is 0 Å². The zero-order valence-corrected chi connectivity index (χ0v) is 30.8. The highest BCUT2D eigenvalue weighted by atomic mass is 16.6. The van der Waals surface area contributed by atoms with E-state index in [-0.39, 0.29) is 69.2 Å². The van der Waals surface area contributed by atoms with Crippen molar-refractivity contribution >= 4 is 41.8 Å². The third-order valence-electron chi connectivity index (χ3n) is 7.67. The molecule has 4 aliphatic heterocycles. The van der Waals surface area contributed by atoms with E-state index >= 15 is 0 Å². The highest BCUT2D eigenvalue weighted by molar-refractivity contribution is 5.89. The molecular weight excluding hydrogens is 678 g/mol. The number of nitrogens with one attached hydrogen (secondary N) is 3. The maximum absolute atomic E-state index is 12.3. The molecular formula is C32H53N5O14. The Balaban J connectivity index is 0.000000275. The van der Waals surface area contributed by atoms with E-state index in [1.807, 2.05) is 0 Å². The molecule has 0 spiro atoms. The number of methoxy groups -OCH3 is 1. The van der Waals surface area contributed by atoms with Gasteiger partial charge in [-0.3, -0.25) is 24.0 Å². The van der Waals surface area contributed by atoms with Crippen molar-refractivity contribution in [1.82, 2.24) is 25.8 Å². The van der Waals surface area contributed by atoms with Gasteiger partial charge in [-0.05, 0) is 41.5 Å². The van der Waals surface area contributed by atoms with Crippen LogP contribution in [0.1, 0.15) is 41.5 Å². The van der Waals surface area contributed by atoms with Gasteiger partial charge >= 0.3 is 24.1 Å². The lowest BCUT2D eigenvalue weighted by Gasteiger charge is -2.25. The normalized spacial score (nSPS) is 25.7. The van der Waals surface area contributed by atoms with Crippen LogP contribution in [0.3, 0.4) is 0 Å². The molecule has 4 heterocycles. The number of amides is 5. The van der Waals surface area contributed by atoms with E-state index < -0.39 is 59.2 Å². The van der Waals surface area contributed by atoms with Gasteiger partial charge in [0.05, 0.1) is 83.3 Å². The minimum atomic E-state index is -0.974. The number of rotatable bonds is 6. The molecule has 0 aromatic heterocycles. The Hall–Kier alpha value is -4.23. The van der Waals surface area contributed by atoms with E-state index in [4.69, 9.17) is 28.8 Å². The van der Waals surface area contributed by atoms with Crippen LogP contribution < -0.4 is 16.0 Å². The minimum absolute atomic E-state index is 0.000787. The average Bonchev–Trinajstić information content (AvgIpc) is 3.75. The van der Waals surface area contributed by atoms with E-state index in [2.05, 4.69) is 20.7 Å². The largest absolute Gasteiger partial charge is 0.481 e. The lowest BCUT2D eigenvalue weighted by Crippen LogP contribution is -2.48. The Kier molecular flexibility index (Phi) is 15.9. The fourth-order valence-corrected chi connectivity index (χ4v) is 5.19. The lowest BCUT2D eigenvalue weighted by atomic mass is 10.0. The SMILES string of the molecule is CC(C)(C)OC(=O)N[C@H]1COC[C@H]1C(=O)O.CN1CC(=O)N[C@H]2COC[C@H]2C1=O.COC(=O)CN(C)C(=O)[C@@H]1COC[C@@H]1NC(=O)OC(C)(C)C. The van der Waals surface area contributed by atoms with Crippen LogP contribution in [0.4, 0.5) is 9.59 Å². The fraction of sp³-hybridized carbons (Fsp3) is 0.781. The third kappa shape index (κ3) is 14.5. The number of alkyl carbamates (subject to hydrolysis) is 2. The average molecular weight is 732 g/mol. The highest BCUT2D eigenvalue weighted by Gasteiger charge is 2.40. The van der Waals surface area contributed by atoms with E-state index in [9.17, 15) is 33.6 Å². The molecule has 0 aliphatic carbocycles. The van der Waals surface area contributed by atoms with Gasteiger partial charge in [0, 0.05) is 14.1 Å². The molecule has 19 nitrogen and oxygen atoms in total. The molecule has 4 rings (SSSR count). The molecule has 0 unspecified atom stereocenters. The van der Waals surface area contributed by atoms with Crippen molar-refractivity contribution < 1.29 is 67.1 Å². The molecule has 4 N–H and O–H groups in total. The number of aliphatic carboxylic acids is 1. The van der Waals surface area contributed by atoms with Crippen molar-refractivity contribution in [2.24, 2.45) is 17.8 Å². The predicted molar refractivity (Wildman–Crippen MR) is 176 cm³/mol. The van der Waals surface area contributed by atoms with E-state index in [1.54, 1.807) is 48.6 Å². The summed E-state index contributed by atoms with van der Waals surface area (Å²) in [6.45, 7) is 12.1. The van der Waals surface area contributed by atoms with Gasteiger partial charge in [0.25, 0.3) is 0 Å². The number of fused-ring (bicyclic) bond motifs is 1. The maximum Gasteiger partial charge on any atom is 0.407 e. The molecule has 5 amide bonds. The van der Waals surface area contributed by atoms with Crippen molar-refractivity contribution in [1.29, 1.82) is 0 Å². The summed E-state index contributed by atoms with van der Waals surface area (Å²) in [5.41, 5.74) is -1.22. The van der Waals surface area contributed by atoms with Crippen molar-refractivity contribution in [3.8, 4) is 0 Å². The summed E-state index contributed by atoms with van der Waals surface area (Å²) in [4.78, 5) is 83.1. The highest BCUT2D eigenvalue weighted by Crippen LogP contribution is 2.19. The first kappa shape index (κ1) is 42.9. The van der Waals surface area contributed by atoms with Crippen LogP contribution in [0.15, 0.2) is 0 Å². The van der Waals surface area contributed by atoms with Crippen LogP contribution in [-0.2, 0) is 52.4 Å². The van der Waals surface area contributed by atoms with E-state index in [0.717, 1.165) is 0 Å². The summed E-state index contributed by atoms with van der Waals surface area (Å²) >= 11 is 0. The number of hydrogen-bond acceptors (Lipinski definition) is 13. The fourth-order valence-electron chi connectivity index (χ4n) is 5.19. The van der Waals surface area contributed by atoms with Crippen LogP contribution in [-0.4, -0.2) is 160 Å². The van der Waals surface area contributed by atoms with Crippen molar-refractivity contribution in [3.63, 3.8) is 0 Å². The monoisotopic (exact) mass is 731 g/mol. The number of carboxylic acid groups (broad SMARTS) is 1. The Morgan fingerprint density at radius 3 is 1.82 bits per heavy atom. The number of carbonyl (C=O) groups excluding carboxylic acids is 6. The van der Waals surface area contributed by atoms with E-state index in [1.165, 1.54) is 24.0 Å². The van der Waals surface area contributed by atoms with Gasteiger partial charge < -0.3 is 59.3 Å². The van der Waals surface area contributed by atoms with Crippen LogP contribution in [0, 0.1) is 17.8 Å². The summed E-state index contributed by atoms with van der Waals surface area (Å²) in [6.07, 6.45) is -1.22. The number of carboxylic acids is 1. The molecule has 0 radical (unpaired) electrons. The first-order valence-corrected chi connectivity index (χ1v) is 16.4. The number of ether oxygens (including phenoxy) is 6. The molecule has 4 fully saturated rings. The molecule has 4 saturated heterocycles. The smallest absolute Gasteiger partial charge is 0.407 e. The Labute approximate surface area is 297 Å². The summed E-state index contributed by atoms with van der Waals surface area (Å²) in [6, 6.07) is -1.13. The summed E-state index contributed by atoms with van der Waals surface area (Å²) in [5.74, 6) is -3.31. The van der Waals surface area contributed by atoms with Crippen molar-refractivity contribution in [3.05, 3.63) is 0 Å². The van der Waals surface area contributed by atoms with Gasteiger partial charge in [0.1, 0.15) is 23.7 Å². The predicted octanol–water partition coefficient (Wildman–Crippen LogP) is -0.642. The molecule has 19 heteroatoms. The van der Waals surface area contributed by atoms with Gasteiger partial charge in [0.2, 0.25) is 17.7 Å². The zero-order chi connectivity index (χ0) is 38.7. The topological polar surface area (TPSA) is 238 Å². The second kappa shape index (κ2) is 18.8. The standard InChI is InChI=1S/C14H24N2O6.C10H17NO5.C8H12N2O3/c1-14(2,3)22-13(19)15-10-8-21-7-9(10)12(18)16(4)6-11(17)20-5;1-10(2,3)16-9(14)11-7-5-15-4-6(7)8(12)13;1-10-2-7(11)9-6-4-13-3-5(6)8(10)12/h9-10H,6-8H2,1-5H3,(H,15,19);6-7H,4-5H2,1-3H3,(H,11,14)(H,12,13);5-6H,2-4H2,1H3,(H,9,11)/t9-,10+;6-,7+;5-,6+/m111/s1. The van der Waals surface area contributed by atoms with Crippen LogP contribution in [0.5, 0.6) is 0 Å². The first-order valence-electron chi connectivity index (χ1n) is 16.4. The summed E-state index contributed by atoms with van der Waals surface area (Å²) in [5, 5.41) is 16.8. The second-order valence-electron chi connectivity index (χ2n) is 14.4. The maximum atomic E-state index is 12.3. The molecule has 0 aromatic carbocycles. The number of hydrogen-bond donors (Lipinski definition) is 4. The van der Waals surface area contributed by atoms with Crippen LogP contribution in [0.25, 0.3) is 0 Å². The second-order valence-corrected chi connectivity index (χ2v) is 14.4. The van der Waals surface area contributed by atoms with Gasteiger partial charge in [0.15, 0.2) is 0 Å². The van der Waals surface area contributed by atoms with Gasteiger partial charge in [-0.15, -0.1) is 0 Å². The number of likely N-dealkylation sites (N-methyl/N-ethyl adjacent to an activating group) is 2. The van der Waals surface area contributed by atoms with Crippen molar-refractivity contribution in [2.45, 2.75) is 70.9 Å². The van der Waals surface area contributed by atoms with Crippen LogP contribution >= 0.6 is 0 Å². The molecule has 0 aromatic rings. The number of nitrogens with zero attached hydrogens (tertiary/aromatic N) is 2. The number of esters is 1. The molecule has 290 valence electrons. The van der Waals surface area contributed by atoms with Crippen molar-refractivity contribution in [2.75, 3.05) is 73.9 Å². The zero-order valence-electron chi connectivity index (χ0n) is 30.8. The molecule has 0 saturated carbocycles. The quantitative estimate of drug-likeness (QED) is 0.196.